The molecule has 0 saturated heterocycles. The van der Waals surface area contributed by atoms with Gasteiger partial charge in [-0.3, -0.25) is 0 Å². The Bertz CT molecular complexity index is 2900. The lowest BCUT2D eigenvalue weighted by Gasteiger charge is -2.32. The third-order valence-electron chi connectivity index (χ3n) is 12.1. The van der Waals surface area contributed by atoms with Crippen molar-refractivity contribution in [2.24, 2.45) is 0 Å². The van der Waals surface area contributed by atoms with E-state index in [-0.39, 0.29) is 17.6 Å². The van der Waals surface area contributed by atoms with E-state index < -0.39 is 5.41 Å². The second-order valence-electron chi connectivity index (χ2n) is 14.9. The van der Waals surface area contributed by atoms with Crippen molar-refractivity contribution in [2.75, 3.05) is 0 Å². The maximum Gasteiger partial charge on any atom is 0.135 e. The normalized spacial score (nSPS) is 13.9. The van der Waals surface area contributed by atoms with Crippen molar-refractivity contribution in [1.29, 1.82) is 0 Å². The minimum absolute atomic E-state index is 0.0519. The monoisotopic (exact) mass is 712 g/mol. The first kappa shape index (κ1) is 31.9. The summed E-state index contributed by atoms with van der Waals surface area (Å²) in [4.78, 5) is 0. The van der Waals surface area contributed by atoms with Gasteiger partial charge < -0.3 is 4.42 Å². The molecular weight excluding hydrogens is 679 g/mol. The lowest BCUT2D eigenvalue weighted by atomic mass is 9.68. The Balaban J connectivity index is 1.07. The molecule has 1 aromatic heterocycles. The molecule has 55 heavy (non-hydrogen) atoms. The van der Waals surface area contributed by atoms with Crippen LogP contribution in [0.5, 0.6) is 0 Å². The van der Waals surface area contributed by atoms with Gasteiger partial charge in [0.05, 0.1) is 5.41 Å². The van der Waals surface area contributed by atoms with Crippen LogP contribution in [0.4, 0.5) is 8.78 Å². The van der Waals surface area contributed by atoms with E-state index in [9.17, 15) is 0 Å². The molecule has 262 valence electrons. The van der Waals surface area contributed by atoms with E-state index >= 15 is 8.78 Å². The number of hydrogen-bond acceptors (Lipinski definition) is 1. The van der Waals surface area contributed by atoms with Crippen LogP contribution < -0.4 is 0 Å². The minimum Gasteiger partial charge on any atom is -0.456 e. The van der Waals surface area contributed by atoms with E-state index in [1.807, 2.05) is 36.4 Å². The highest BCUT2D eigenvalue weighted by atomic mass is 19.1. The molecule has 0 saturated carbocycles. The molecule has 0 bridgehead atoms. The molecule has 9 aromatic rings. The van der Waals surface area contributed by atoms with E-state index in [1.165, 1.54) is 39.9 Å². The molecular formula is C52H34F2O. The Morgan fingerprint density at radius 2 is 1.07 bits per heavy atom. The predicted molar refractivity (Wildman–Crippen MR) is 218 cm³/mol. The van der Waals surface area contributed by atoms with E-state index in [2.05, 4.69) is 115 Å². The summed E-state index contributed by atoms with van der Waals surface area (Å²) < 4.78 is 37.2. The van der Waals surface area contributed by atoms with Gasteiger partial charge in [0, 0.05) is 16.7 Å². The number of aryl methyl sites for hydroxylation is 1. The molecule has 11 rings (SSSR count). The summed E-state index contributed by atoms with van der Waals surface area (Å²) >= 11 is 0. The molecule has 0 aliphatic heterocycles. The fraction of sp³-hybridized carbons (Fsp3) is 0.0769. The molecule has 1 nitrogen and oxygen atoms in total. The number of rotatable bonds is 6. The molecule has 2 aliphatic rings. The quantitative estimate of drug-likeness (QED) is 0.167. The topological polar surface area (TPSA) is 13.1 Å². The van der Waals surface area contributed by atoms with Crippen molar-refractivity contribution in [3.8, 4) is 33.4 Å². The molecule has 0 amide bonds. The Labute approximate surface area is 318 Å². The van der Waals surface area contributed by atoms with Gasteiger partial charge in [0.1, 0.15) is 22.8 Å². The van der Waals surface area contributed by atoms with Gasteiger partial charge in [0.2, 0.25) is 0 Å². The standard InChI is InChI=1S/C52H34F2O/c53-37-23-27-41-42-28-24-38(54)31-48(42)52(47(41)30-37)46-15-6-4-12-40(46)45-14-8-11-35(51(45)52)21-25-39(34-19-17-33(18-20-34)32-9-2-1-3-10-32)36-22-26-44-43-13-5-7-16-49(43)55-50(44)29-36/h1-20,22-24,26-31,39H,21,25H2. The zero-order valence-corrected chi connectivity index (χ0v) is 29.9. The van der Waals surface area contributed by atoms with E-state index in [1.54, 1.807) is 12.1 Å². The smallest absolute Gasteiger partial charge is 0.135 e. The highest BCUT2D eigenvalue weighted by Crippen LogP contribution is 2.63. The van der Waals surface area contributed by atoms with Gasteiger partial charge in [-0.1, -0.05) is 140 Å². The summed E-state index contributed by atoms with van der Waals surface area (Å²) in [6, 6.07) is 59.4. The first-order chi connectivity index (χ1) is 27.1. The Morgan fingerprint density at radius 3 is 1.85 bits per heavy atom. The molecule has 0 N–H and O–H groups in total. The highest BCUT2D eigenvalue weighted by Gasteiger charge is 2.53. The zero-order chi connectivity index (χ0) is 36.7. The lowest BCUT2D eigenvalue weighted by molar-refractivity contribution is 0.616. The fourth-order valence-corrected chi connectivity index (χ4v) is 9.81. The maximum atomic E-state index is 15.4. The fourth-order valence-electron chi connectivity index (χ4n) is 9.81. The molecule has 1 unspecified atom stereocenters. The minimum atomic E-state index is -0.850. The Morgan fingerprint density at radius 1 is 0.455 bits per heavy atom. The highest BCUT2D eigenvalue weighted by molar-refractivity contribution is 6.05. The summed E-state index contributed by atoms with van der Waals surface area (Å²) in [6.07, 6.45) is 1.56. The Kier molecular flexibility index (Phi) is 7.09. The van der Waals surface area contributed by atoms with Gasteiger partial charge in [0.15, 0.2) is 0 Å². The molecule has 3 heteroatoms. The van der Waals surface area contributed by atoms with Gasteiger partial charge in [-0.05, 0) is 122 Å². The second-order valence-corrected chi connectivity index (χ2v) is 14.9. The first-order valence-corrected chi connectivity index (χ1v) is 19.0. The van der Waals surface area contributed by atoms with Crippen LogP contribution in [0.2, 0.25) is 0 Å². The Hall–Kier alpha value is -6.58. The average Bonchev–Trinajstić information content (AvgIpc) is 3.85. The summed E-state index contributed by atoms with van der Waals surface area (Å²) in [5.41, 5.74) is 14.9. The van der Waals surface area contributed by atoms with E-state index in [0.717, 1.165) is 79.3 Å². The number of furan rings is 1. The summed E-state index contributed by atoms with van der Waals surface area (Å²) in [5.74, 6) is -0.541. The summed E-state index contributed by atoms with van der Waals surface area (Å²) in [7, 11) is 0. The van der Waals surface area contributed by atoms with Gasteiger partial charge in [0.25, 0.3) is 0 Å². The second kappa shape index (κ2) is 12.2. The van der Waals surface area contributed by atoms with Crippen LogP contribution in [0, 0.1) is 11.6 Å². The molecule has 0 fully saturated rings. The third-order valence-corrected chi connectivity index (χ3v) is 12.1. The van der Waals surface area contributed by atoms with Crippen LogP contribution in [0.25, 0.3) is 55.3 Å². The maximum absolute atomic E-state index is 15.4. The third kappa shape index (κ3) is 4.76. The van der Waals surface area contributed by atoms with Crippen molar-refractivity contribution < 1.29 is 13.2 Å². The van der Waals surface area contributed by atoms with Crippen molar-refractivity contribution in [2.45, 2.75) is 24.2 Å². The van der Waals surface area contributed by atoms with Gasteiger partial charge in [-0.2, -0.15) is 0 Å². The molecule has 2 aliphatic carbocycles. The number of benzene rings is 8. The van der Waals surface area contributed by atoms with Crippen molar-refractivity contribution >= 4 is 21.9 Å². The van der Waals surface area contributed by atoms with Crippen LogP contribution in [-0.4, -0.2) is 0 Å². The van der Waals surface area contributed by atoms with Gasteiger partial charge in [-0.15, -0.1) is 0 Å². The molecule has 1 heterocycles. The van der Waals surface area contributed by atoms with Crippen LogP contribution in [0.3, 0.4) is 0 Å². The first-order valence-electron chi connectivity index (χ1n) is 19.0. The van der Waals surface area contributed by atoms with Crippen LogP contribution in [0.15, 0.2) is 180 Å². The molecule has 1 spiro atoms. The number of halogens is 2. The number of hydrogen-bond donors (Lipinski definition) is 0. The van der Waals surface area contributed by atoms with Crippen LogP contribution >= 0.6 is 0 Å². The van der Waals surface area contributed by atoms with Crippen LogP contribution in [-0.2, 0) is 11.8 Å². The SMILES string of the molecule is Fc1ccc2c(c1)C1(c3cc(F)ccc3-2)c2ccccc2-c2cccc(CCC(c3ccc(-c4ccccc4)cc3)c3ccc4c(c3)oc3ccccc34)c21. The number of para-hydroxylation sites is 1. The van der Waals surface area contributed by atoms with Crippen LogP contribution in [0.1, 0.15) is 51.3 Å². The van der Waals surface area contributed by atoms with Crippen molar-refractivity contribution in [3.05, 3.63) is 227 Å². The molecule has 0 radical (unpaired) electrons. The van der Waals surface area contributed by atoms with Gasteiger partial charge >= 0.3 is 0 Å². The molecule has 1 atom stereocenters. The van der Waals surface area contributed by atoms with Crippen molar-refractivity contribution in [1.82, 2.24) is 0 Å². The summed E-state index contributed by atoms with van der Waals surface area (Å²) in [5, 5.41) is 2.22. The van der Waals surface area contributed by atoms with E-state index in [4.69, 9.17) is 4.42 Å². The average molecular weight is 713 g/mol. The predicted octanol–water partition coefficient (Wildman–Crippen LogP) is 13.6. The summed E-state index contributed by atoms with van der Waals surface area (Å²) in [6.45, 7) is 0. The largest absolute Gasteiger partial charge is 0.456 e. The van der Waals surface area contributed by atoms with E-state index in [0.29, 0.717) is 0 Å². The number of fused-ring (bicyclic) bond motifs is 13. The van der Waals surface area contributed by atoms with Crippen molar-refractivity contribution in [3.63, 3.8) is 0 Å². The van der Waals surface area contributed by atoms with Gasteiger partial charge in [-0.25, -0.2) is 8.78 Å². The molecule has 8 aromatic carbocycles. The zero-order valence-electron chi connectivity index (χ0n) is 29.9. The lowest BCUT2D eigenvalue weighted by Crippen LogP contribution is -2.27.